The van der Waals surface area contributed by atoms with Gasteiger partial charge in [-0.25, -0.2) is 0 Å². The Bertz CT molecular complexity index is 1060. The van der Waals surface area contributed by atoms with Gasteiger partial charge in [0.15, 0.2) is 0 Å². The first-order valence-corrected chi connectivity index (χ1v) is 7.86. The molecule has 0 unspecified atom stereocenters. The van der Waals surface area contributed by atoms with Gasteiger partial charge in [-0.15, -0.1) is 0 Å². The predicted octanol–water partition coefficient (Wildman–Crippen LogP) is 5.68. The lowest BCUT2D eigenvalue weighted by Crippen LogP contribution is -1.91. The molecule has 2 N–H and O–H groups in total. The molecular formula is C21H18O2. The van der Waals surface area contributed by atoms with Gasteiger partial charge in [0.05, 0.1) is 0 Å². The molecule has 0 aliphatic heterocycles. The van der Waals surface area contributed by atoms with Crippen molar-refractivity contribution in [3.63, 3.8) is 0 Å². The van der Waals surface area contributed by atoms with Crippen LogP contribution in [0.3, 0.4) is 0 Å². The molecule has 114 valence electrons. The highest BCUT2D eigenvalue weighted by atomic mass is 16.3. The number of phenolic OH excluding ortho intramolecular Hbond substituents is 2. The smallest absolute Gasteiger partial charge is 0.119 e. The lowest BCUT2D eigenvalue weighted by molar-refractivity contribution is 0.466. The van der Waals surface area contributed by atoms with Crippen LogP contribution >= 0.6 is 0 Å². The van der Waals surface area contributed by atoms with Crippen LogP contribution in [0.4, 0.5) is 0 Å². The topological polar surface area (TPSA) is 40.5 Å². The van der Waals surface area contributed by atoms with Crippen LogP contribution < -0.4 is 0 Å². The second-order valence-electron chi connectivity index (χ2n) is 6.38. The molecule has 0 saturated carbocycles. The van der Waals surface area contributed by atoms with Crippen LogP contribution in [-0.2, 0) is 0 Å². The van der Waals surface area contributed by atoms with E-state index in [4.69, 9.17) is 0 Å². The Kier molecular flexibility index (Phi) is 2.95. The highest BCUT2D eigenvalue weighted by Crippen LogP contribution is 2.38. The van der Waals surface area contributed by atoms with Gasteiger partial charge in [0.1, 0.15) is 11.5 Å². The Morgan fingerprint density at radius 2 is 1.22 bits per heavy atom. The number of rotatable bonds is 1. The molecule has 0 fully saturated rings. The average molecular weight is 302 g/mol. The minimum Gasteiger partial charge on any atom is -0.508 e. The second-order valence-corrected chi connectivity index (χ2v) is 6.38. The minimum absolute atomic E-state index is 0.258. The Hall–Kier alpha value is -2.74. The lowest BCUT2D eigenvalue weighted by atomic mass is 9.91. The monoisotopic (exact) mass is 302 g/mol. The normalized spacial score (nSPS) is 11.8. The summed E-state index contributed by atoms with van der Waals surface area (Å²) in [5, 5.41) is 26.6. The molecule has 0 heterocycles. The van der Waals surface area contributed by atoms with Gasteiger partial charge in [-0.1, -0.05) is 50.2 Å². The maximum atomic E-state index is 10.2. The van der Waals surface area contributed by atoms with Crippen LogP contribution in [0.5, 0.6) is 11.5 Å². The molecule has 0 spiro atoms. The van der Waals surface area contributed by atoms with E-state index in [1.54, 1.807) is 18.2 Å². The molecule has 0 atom stereocenters. The van der Waals surface area contributed by atoms with E-state index in [2.05, 4.69) is 32.0 Å². The minimum atomic E-state index is 0.258. The molecule has 4 rings (SSSR count). The van der Waals surface area contributed by atoms with Gasteiger partial charge >= 0.3 is 0 Å². The van der Waals surface area contributed by atoms with Crippen molar-refractivity contribution in [2.75, 3.05) is 0 Å². The first-order chi connectivity index (χ1) is 11.1. The summed E-state index contributed by atoms with van der Waals surface area (Å²) in [7, 11) is 0. The van der Waals surface area contributed by atoms with E-state index in [-0.39, 0.29) is 11.7 Å². The zero-order valence-corrected chi connectivity index (χ0v) is 13.2. The van der Waals surface area contributed by atoms with Crippen molar-refractivity contribution < 1.29 is 10.2 Å². The van der Waals surface area contributed by atoms with Gasteiger partial charge in [-0.3, -0.25) is 0 Å². The van der Waals surface area contributed by atoms with E-state index < -0.39 is 0 Å². The average Bonchev–Trinajstić information content (AvgIpc) is 2.53. The van der Waals surface area contributed by atoms with Crippen molar-refractivity contribution in [3.05, 3.63) is 60.2 Å². The van der Waals surface area contributed by atoms with Crippen molar-refractivity contribution in [1.29, 1.82) is 0 Å². The summed E-state index contributed by atoms with van der Waals surface area (Å²) in [6.45, 7) is 4.20. The van der Waals surface area contributed by atoms with Gasteiger partial charge in [-0.2, -0.15) is 0 Å². The molecule has 4 aromatic carbocycles. The molecule has 0 aromatic heterocycles. The van der Waals surface area contributed by atoms with E-state index in [1.807, 2.05) is 18.2 Å². The molecule has 23 heavy (non-hydrogen) atoms. The molecule has 0 amide bonds. The van der Waals surface area contributed by atoms with E-state index in [1.165, 1.54) is 5.39 Å². The van der Waals surface area contributed by atoms with E-state index in [0.717, 1.165) is 32.5 Å². The van der Waals surface area contributed by atoms with Gasteiger partial charge < -0.3 is 10.2 Å². The number of hydrogen-bond acceptors (Lipinski definition) is 2. The fourth-order valence-corrected chi connectivity index (χ4v) is 3.57. The van der Waals surface area contributed by atoms with Crippen LogP contribution in [0.1, 0.15) is 25.3 Å². The standard InChI is InChI=1S/C21H18O2/c1-12(2)21-19-8-7-16-15-6-4-14(22)11-13(15)3-5-17(16)18(19)9-10-20(21)23/h3-12,22-23H,1-2H3. The molecule has 4 aromatic rings. The zero-order chi connectivity index (χ0) is 16.1. The Balaban J connectivity index is 2.18. The third-order valence-electron chi connectivity index (χ3n) is 4.59. The van der Waals surface area contributed by atoms with E-state index >= 15 is 0 Å². The van der Waals surface area contributed by atoms with Gasteiger partial charge in [0, 0.05) is 5.56 Å². The summed E-state index contributed by atoms with van der Waals surface area (Å²) >= 11 is 0. The van der Waals surface area contributed by atoms with E-state index in [0.29, 0.717) is 5.75 Å². The quantitative estimate of drug-likeness (QED) is 0.444. The summed E-state index contributed by atoms with van der Waals surface area (Å²) in [4.78, 5) is 0. The molecular weight excluding hydrogens is 284 g/mol. The fraction of sp³-hybridized carbons (Fsp3) is 0.143. The summed E-state index contributed by atoms with van der Waals surface area (Å²) in [6.07, 6.45) is 0. The van der Waals surface area contributed by atoms with Crippen LogP contribution in [-0.4, -0.2) is 10.2 Å². The Labute approximate surface area is 134 Å². The van der Waals surface area contributed by atoms with Crippen LogP contribution in [0, 0.1) is 0 Å². The SMILES string of the molecule is CC(C)c1c(O)ccc2c1ccc1c3ccc(O)cc3ccc21. The largest absolute Gasteiger partial charge is 0.508 e. The van der Waals surface area contributed by atoms with Gasteiger partial charge in [0.25, 0.3) is 0 Å². The Morgan fingerprint density at radius 1 is 0.652 bits per heavy atom. The van der Waals surface area contributed by atoms with Crippen LogP contribution in [0.2, 0.25) is 0 Å². The summed E-state index contributed by atoms with van der Waals surface area (Å²) in [5.74, 6) is 0.899. The summed E-state index contributed by atoms with van der Waals surface area (Å²) in [5.41, 5.74) is 0.996. The highest BCUT2D eigenvalue weighted by Gasteiger charge is 2.13. The maximum Gasteiger partial charge on any atom is 0.119 e. The van der Waals surface area contributed by atoms with Crippen LogP contribution in [0.25, 0.3) is 32.3 Å². The fourth-order valence-electron chi connectivity index (χ4n) is 3.57. The zero-order valence-electron chi connectivity index (χ0n) is 13.2. The molecule has 2 heteroatoms. The Morgan fingerprint density at radius 3 is 2.00 bits per heavy atom. The van der Waals surface area contributed by atoms with Crippen molar-refractivity contribution in [1.82, 2.24) is 0 Å². The molecule has 0 aliphatic rings. The molecule has 2 nitrogen and oxygen atoms in total. The number of aromatic hydroxyl groups is 2. The predicted molar refractivity (Wildman–Crippen MR) is 96.4 cm³/mol. The first-order valence-electron chi connectivity index (χ1n) is 7.86. The molecule has 0 aliphatic carbocycles. The number of hydrogen-bond donors (Lipinski definition) is 2. The van der Waals surface area contributed by atoms with Gasteiger partial charge in [-0.05, 0) is 56.4 Å². The molecule has 0 radical (unpaired) electrons. The second kappa shape index (κ2) is 4.88. The van der Waals surface area contributed by atoms with Crippen molar-refractivity contribution in [2.45, 2.75) is 19.8 Å². The number of fused-ring (bicyclic) bond motifs is 5. The third-order valence-corrected chi connectivity index (χ3v) is 4.59. The van der Waals surface area contributed by atoms with Crippen molar-refractivity contribution in [2.24, 2.45) is 0 Å². The summed E-state index contributed by atoms with van der Waals surface area (Å²) in [6, 6.07) is 17.6. The van der Waals surface area contributed by atoms with Gasteiger partial charge in [0.2, 0.25) is 0 Å². The highest BCUT2D eigenvalue weighted by molar-refractivity contribution is 6.18. The van der Waals surface area contributed by atoms with Crippen LogP contribution in [0.15, 0.2) is 54.6 Å². The lowest BCUT2D eigenvalue weighted by Gasteiger charge is -2.15. The summed E-state index contributed by atoms with van der Waals surface area (Å²) < 4.78 is 0. The van der Waals surface area contributed by atoms with Crippen molar-refractivity contribution >= 4 is 32.3 Å². The molecule has 0 bridgehead atoms. The maximum absolute atomic E-state index is 10.2. The van der Waals surface area contributed by atoms with Crippen molar-refractivity contribution in [3.8, 4) is 11.5 Å². The van der Waals surface area contributed by atoms with E-state index in [9.17, 15) is 10.2 Å². The molecule has 0 saturated heterocycles. The third kappa shape index (κ3) is 2.02. The number of phenols is 2. The first kappa shape index (κ1) is 13.9. The number of benzene rings is 4.